The molecule has 2 rings (SSSR count). The summed E-state index contributed by atoms with van der Waals surface area (Å²) in [5.41, 5.74) is 0.709. The number of halogens is 1. The summed E-state index contributed by atoms with van der Waals surface area (Å²) in [7, 11) is 0. The molecule has 0 amide bonds. The van der Waals surface area contributed by atoms with E-state index in [0.717, 1.165) is 5.69 Å². The van der Waals surface area contributed by atoms with Crippen LogP contribution < -0.4 is 4.90 Å². The van der Waals surface area contributed by atoms with Crippen molar-refractivity contribution in [1.29, 1.82) is 5.26 Å². The number of carbonyl (C=O) groups is 1. The number of hydrogen-bond donors (Lipinski definition) is 1. The van der Waals surface area contributed by atoms with E-state index < -0.39 is 11.4 Å². The molecule has 1 aliphatic rings. The van der Waals surface area contributed by atoms with Gasteiger partial charge in [-0.25, -0.2) is 0 Å². The molecule has 19 heavy (non-hydrogen) atoms. The lowest BCUT2D eigenvalue weighted by Crippen LogP contribution is -2.43. The Labute approximate surface area is 117 Å². The van der Waals surface area contributed by atoms with E-state index in [-0.39, 0.29) is 0 Å². The lowest BCUT2D eigenvalue weighted by atomic mass is 9.80. The van der Waals surface area contributed by atoms with Gasteiger partial charge in [0.1, 0.15) is 6.07 Å². The first kappa shape index (κ1) is 13.7. The third-order valence-electron chi connectivity index (χ3n) is 3.80. The van der Waals surface area contributed by atoms with Crippen molar-refractivity contribution in [3.63, 3.8) is 0 Å². The Morgan fingerprint density at radius 2 is 2.11 bits per heavy atom. The highest BCUT2D eigenvalue weighted by Crippen LogP contribution is 2.34. The largest absolute Gasteiger partial charge is 0.481 e. The van der Waals surface area contributed by atoms with E-state index in [1.807, 2.05) is 6.07 Å². The number of nitriles is 1. The highest BCUT2D eigenvalue weighted by Gasteiger charge is 2.37. The van der Waals surface area contributed by atoms with Crippen molar-refractivity contribution in [2.75, 3.05) is 18.0 Å². The molecule has 1 heterocycles. The third kappa shape index (κ3) is 2.66. The molecule has 1 fully saturated rings. The molecule has 100 valence electrons. The van der Waals surface area contributed by atoms with Gasteiger partial charge < -0.3 is 10.0 Å². The first-order valence-corrected chi connectivity index (χ1v) is 6.52. The molecule has 0 aromatic heterocycles. The van der Waals surface area contributed by atoms with Gasteiger partial charge in [0.05, 0.1) is 16.7 Å². The molecule has 1 aromatic carbocycles. The standard InChI is InChI=1S/C14H15ClN2O2/c1-14(13(18)19)4-6-17(7-5-14)12-3-2-11(15)8-10(12)9-16/h2-3,8H,4-7H2,1H3,(H,18,19). The maximum Gasteiger partial charge on any atom is 0.309 e. The molecule has 0 unspecified atom stereocenters. The Morgan fingerprint density at radius 1 is 1.47 bits per heavy atom. The Balaban J connectivity index is 2.19. The van der Waals surface area contributed by atoms with Gasteiger partial charge in [0.15, 0.2) is 0 Å². The number of carboxylic acids is 1. The lowest BCUT2D eigenvalue weighted by Gasteiger charge is -2.38. The van der Waals surface area contributed by atoms with Gasteiger partial charge in [-0.05, 0) is 38.0 Å². The van der Waals surface area contributed by atoms with Gasteiger partial charge in [-0.3, -0.25) is 4.79 Å². The molecule has 1 aliphatic heterocycles. The van der Waals surface area contributed by atoms with Crippen molar-refractivity contribution in [2.24, 2.45) is 5.41 Å². The minimum Gasteiger partial charge on any atom is -0.481 e. The third-order valence-corrected chi connectivity index (χ3v) is 4.04. The molecule has 0 bridgehead atoms. The Kier molecular flexibility index (Phi) is 3.68. The molecule has 0 spiro atoms. The van der Waals surface area contributed by atoms with Crippen molar-refractivity contribution in [3.8, 4) is 6.07 Å². The zero-order valence-corrected chi connectivity index (χ0v) is 11.4. The van der Waals surface area contributed by atoms with Crippen molar-refractivity contribution in [3.05, 3.63) is 28.8 Å². The SMILES string of the molecule is CC1(C(=O)O)CCN(c2ccc(Cl)cc2C#N)CC1. The number of carboxylic acid groups (broad SMARTS) is 1. The highest BCUT2D eigenvalue weighted by molar-refractivity contribution is 6.30. The zero-order chi connectivity index (χ0) is 14.0. The van der Waals surface area contributed by atoms with Gasteiger partial charge in [-0.15, -0.1) is 0 Å². The van der Waals surface area contributed by atoms with Crippen LogP contribution in [0.3, 0.4) is 0 Å². The van der Waals surface area contributed by atoms with Crippen LogP contribution in [-0.2, 0) is 4.79 Å². The topological polar surface area (TPSA) is 64.3 Å². The van der Waals surface area contributed by atoms with Gasteiger partial charge >= 0.3 is 5.97 Å². The fraction of sp³-hybridized carbons (Fsp3) is 0.429. The second-order valence-corrected chi connectivity index (χ2v) is 5.56. The molecule has 0 saturated carbocycles. The second kappa shape index (κ2) is 5.10. The predicted molar refractivity (Wildman–Crippen MR) is 73.4 cm³/mol. The van der Waals surface area contributed by atoms with E-state index in [4.69, 9.17) is 16.9 Å². The molecule has 1 aromatic rings. The number of piperidine rings is 1. The molecule has 1 saturated heterocycles. The fourth-order valence-electron chi connectivity index (χ4n) is 2.33. The van der Waals surface area contributed by atoms with Gasteiger partial charge in [-0.2, -0.15) is 5.26 Å². The number of nitrogens with zero attached hydrogens (tertiary/aromatic N) is 2. The van der Waals surface area contributed by atoms with Gasteiger partial charge in [0.2, 0.25) is 0 Å². The lowest BCUT2D eigenvalue weighted by molar-refractivity contribution is -0.149. The van der Waals surface area contributed by atoms with Crippen LogP contribution in [0.2, 0.25) is 5.02 Å². The molecular formula is C14H15ClN2O2. The maximum atomic E-state index is 11.2. The van der Waals surface area contributed by atoms with Crippen molar-refractivity contribution in [1.82, 2.24) is 0 Å². The van der Waals surface area contributed by atoms with Gasteiger partial charge in [0.25, 0.3) is 0 Å². The maximum absolute atomic E-state index is 11.2. The molecule has 0 atom stereocenters. The van der Waals surface area contributed by atoms with Crippen molar-refractivity contribution < 1.29 is 9.90 Å². The Hall–Kier alpha value is -1.73. The monoisotopic (exact) mass is 278 g/mol. The van der Waals surface area contributed by atoms with Crippen LogP contribution in [0.4, 0.5) is 5.69 Å². The number of anilines is 1. The minimum atomic E-state index is -0.747. The molecule has 1 N–H and O–H groups in total. The van der Waals surface area contributed by atoms with E-state index >= 15 is 0 Å². The van der Waals surface area contributed by atoms with Gasteiger partial charge in [-0.1, -0.05) is 11.6 Å². The van der Waals surface area contributed by atoms with E-state index in [9.17, 15) is 9.90 Å². The van der Waals surface area contributed by atoms with Crippen molar-refractivity contribution >= 4 is 23.3 Å². The average Bonchev–Trinajstić information content (AvgIpc) is 2.39. The van der Waals surface area contributed by atoms with Crippen LogP contribution in [0.15, 0.2) is 18.2 Å². The average molecular weight is 279 g/mol. The smallest absolute Gasteiger partial charge is 0.309 e. The predicted octanol–water partition coefficient (Wildman–Crippen LogP) is 2.90. The molecule has 4 nitrogen and oxygen atoms in total. The molecule has 0 radical (unpaired) electrons. The highest BCUT2D eigenvalue weighted by atomic mass is 35.5. The van der Waals surface area contributed by atoms with E-state index in [1.54, 1.807) is 19.1 Å². The van der Waals surface area contributed by atoms with E-state index in [2.05, 4.69) is 11.0 Å². The summed E-state index contributed by atoms with van der Waals surface area (Å²) in [6.45, 7) is 3.05. The normalized spacial score (nSPS) is 17.8. The van der Waals surface area contributed by atoms with Gasteiger partial charge in [0, 0.05) is 18.1 Å². The van der Waals surface area contributed by atoms with Crippen LogP contribution in [0, 0.1) is 16.7 Å². The number of benzene rings is 1. The van der Waals surface area contributed by atoms with Crippen LogP contribution in [0.25, 0.3) is 0 Å². The molecule has 5 heteroatoms. The number of hydrogen-bond acceptors (Lipinski definition) is 3. The summed E-state index contributed by atoms with van der Waals surface area (Å²) in [5.74, 6) is -0.747. The molecule has 0 aliphatic carbocycles. The van der Waals surface area contributed by atoms with E-state index in [1.165, 1.54) is 0 Å². The summed E-state index contributed by atoms with van der Waals surface area (Å²) in [5, 5.41) is 18.9. The Morgan fingerprint density at radius 3 is 2.63 bits per heavy atom. The summed E-state index contributed by atoms with van der Waals surface area (Å²) < 4.78 is 0. The summed E-state index contributed by atoms with van der Waals surface area (Å²) in [4.78, 5) is 13.3. The summed E-state index contributed by atoms with van der Waals surface area (Å²) in [6, 6.07) is 7.35. The Bertz CT molecular complexity index is 543. The first-order valence-electron chi connectivity index (χ1n) is 6.14. The number of aliphatic carboxylic acids is 1. The fourth-order valence-corrected chi connectivity index (χ4v) is 2.50. The quantitative estimate of drug-likeness (QED) is 0.903. The van der Waals surface area contributed by atoms with Crippen LogP contribution >= 0.6 is 11.6 Å². The van der Waals surface area contributed by atoms with Crippen LogP contribution in [-0.4, -0.2) is 24.2 Å². The summed E-state index contributed by atoms with van der Waals surface area (Å²) >= 11 is 5.87. The first-order chi connectivity index (χ1) is 8.96. The second-order valence-electron chi connectivity index (χ2n) is 5.13. The van der Waals surface area contributed by atoms with Crippen molar-refractivity contribution in [2.45, 2.75) is 19.8 Å². The van der Waals surface area contributed by atoms with Crippen LogP contribution in [0.1, 0.15) is 25.3 Å². The van der Waals surface area contributed by atoms with E-state index in [0.29, 0.717) is 36.5 Å². The number of rotatable bonds is 2. The summed E-state index contributed by atoms with van der Waals surface area (Å²) in [6.07, 6.45) is 1.16. The minimum absolute atomic E-state index is 0.534. The zero-order valence-electron chi connectivity index (χ0n) is 10.7. The molecular weight excluding hydrogens is 264 g/mol. The van der Waals surface area contributed by atoms with Crippen LogP contribution in [0.5, 0.6) is 0 Å².